The van der Waals surface area contributed by atoms with Crippen molar-refractivity contribution in [1.82, 2.24) is 10.6 Å². The Kier molecular flexibility index (Phi) is 5.53. The molecule has 2 aromatic rings. The van der Waals surface area contributed by atoms with Gasteiger partial charge in [0.1, 0.15) is 17.7 Å². The largest absolute Gasteiger partial charge is 0.489 e. The van der Waals surface area contributed by atoms with Gasteiger partial charge in [0, 0.05) is 18.5 Å². The van der Waals surface area contributed by atoms with Gasteiger partial charge in [0.15, 0.2) is 0 Å². The molecule has 3 atom stereocenters. The standard InChI is InChI=1S/C20H24N4O2/c1-13(14-6-3-2-4-7-14)24-20(25)18-11-17(12-23-18)26-16-9-5-8-15(10-16)19(21)22/h2-10,13,17-18,23H,11-12H2,1H3,(H3,21,22)(H,24,25)/t13-,17-,18+/m1/s1. The maximum absolute atomic E-state index is 12.5. The second-order valence-electron chi connectivity index (χ2n) is 6.52. The van der Waals surface area contributed by atoms with E-state index in [9.17, 15) is 4.79 Å². The van der Waals surface area contributed by atoms with Gasteiger partial charge in [0.25, 0.3) is 0 Å². The summed E-state index contributed by atoms with van der Waals surface area (Å²) >= 11 is 0. The number of hydrogen-bond acceptors (Lipinski definition) is 4. The van der Waals surface area contributed by atoms with Gasteiger partial charge in [-0.3, -0.25) is 10.2 Å². The number of carbonyl (C=O) groups excluding carboxylic acids is 1. The van der Waals surface area contributed by atoms with Crippen LogP contribution in [0.4, 0.5) is 0 Å². The van der Waals surface area contributed by atoms with Crippen LogP contribution >= 0.6 is 0 Å². The van der Waals surface area contributed by atoms with Gasteiger partial charge >= 0.3 is 0 Å². The number of nitrogens with one attached hydrogen (secondary N) is 3. The Morgan fingerprint density at radius 2 is 2.04 bits per heavy atom. The smallest absolute Gasteiger partial charge is 0.237 e. The Morgan fingerprint density at radius 1 is 1.27 bits per heavy atom. The van der Waals surface area contributed by atoms with Gasteiger partial charge in [0.2, 0.25) is 5.91 Å². The summed E-state index contributed by atoms with van der Waals surface area (Å²) in [7, 11) is 0. The Bertz CT molecular complexity index is 778. The Balaban J connectivity index is 1.54. The quantitative estimate of drug-likeness (QED) is 0.472. The van der Waals surface area contributed by atoms with Crippen LogP contribution in [0.1, 0.15) is 30.5 Å². The van der Waals surface area contributed by atoms with Gasteiger partial charge < -0.3 is 21.1 Å². The van der Waals surface area contributed by atoms with E-state index in [-0.39, 0.29) is 29.9 Å². The molecule has 6 nitrogen and oxygen atoms in total. The molecule has 0 saturated carbocycles. The van der Waals surface area contributed by atoms with Crippen molar-refractivity contribution in [3.05, 3.63) is 65.7 Å². The minimum atomic E-state index is -0.276. The molecule has 0 unspecified atom stereocenters. The molecule has 0 aromatic heterocycles. The zero-order chi connectivity index (χ0) is 18.5. The molecule has 3 rings (SSSR count). The van der Waals surface area contributed by atoms with Crippen LogP contribution in [0, 0.1) is 5.41 Å². The topological polar surface area (TPSA) is 100 Å². The molecule has 2 aromatic carbocycles. The Hall–Kier alpha value is -2.86. The van der Waals surface area contributed by atoms with Crippen LogP contribution in [0.15, 0.2) is 54.6 Å². The summed E-state index contributed by atoms with van der Waals surface area (Å²) in [5.41, 5.74) is 7.21. The van der Waals surface area contributed by atoms with Crippen LogP contribution in [0.2, 0.25) is 0 Å². The van der Waals surface area contributed by atoms with Crippen molar-refractivity contribution in [3.8, 4) is 5.75 Å². The van der Waals surface area contributed by atoms with Crippen molar-refractivity contribution in [1.29, 1.82) is 5.41 Å². The molecule has 0 radical (unpaired) electrons. The lowest BCUT2D eigenvalue weighted by Crippen LogP contribution is -2.41. The lowest BCUT2D eigenvalue weighted by molar-refractivity contribution is -0.123. The summed E-state index contributed by atoms with van der Waals surface area (Å²) in [6.07, 6.45) is 0.498. The number of ether oxygens (including phenoxy) is 1. The molecule has 0 bridgehead atoms. The van der Waals surface area contributed by atoms with Crippen molar-refractivity contribution in [3.63, 3.8) is 0 Å². The molecule has 1 fully saturated rings. The highest BCUT2D eigenvalue weighted by molar-refractivity contribution is 5.95. The number of rotatable bonds is 6. The molecule has 5 N–H and O–H groups in total. The molecule has 6 heteroatoms. The molecular formula is C20H24N4O2. The minimum absolute atomic E-state index is 0.00662. The van der Waals surface area contributed by atoms with E-state index in [0.717, 1.165) is 5.56 Å². The van der Waals surface area contributed by atoms with Gasteiger partial charge in [-0.05, 0) is 24.6 Å². The number of nitrogens with two attached hydrogens (primary N) is 1. The normalized spacial score (nSPS) is 20.3. The van der Waals surface area contributed by atoms with Crippen LogP contribution in [0.3, 0.4) is 0 Å². The first-order chi connectivity index (χ1) is 12.5. The Labute approximate surface area is 153 Å². The fourth-order valence-electron chi connectivity index (χ4n) is 3.06. The first-order valence-corrected chi connectivity index (χ1v) is 8.73. The Morgan fingerprint density at radius 3 is 2.77 bits per heavy atom. The van der Waals surface area contributed by atoms with Crippen LogP contribution < -0.4 is 21.1 Å². The van der Waals surface area contributed by atoms with Gasteiger partial charge in [-0.2, -0.15) is 0 Å². The highest BCUT2D eigenvalue weighted by Crippen LogP contribution is 2.19. The predicted octanol–water partition coefficient (Wildman–Crippen LogP) is 1.96. The van der Waals surface area contributed by atoms with E-state index in [0.29, 0.717) is 24.3 Å². The molecule has 1 amide bonds. The first kappa shape index (κ1) is 17.9. The zero-order valence-electron chi connectivity index (χ0n) is 14.7. The lowest BCUT2D eigenvalue weighted by atomic mass is 10.1. The maximum Gasteiger partial charge on any atom is 0.237 e. The second-order valence-corrected chi connectivity index (χ2v) is 6.52. The molecule has 26 heavy (non-hydrogen) atoms. The summed E-state index contributed by atoms with van der Waals surface area (Å²) in [6, 6.07) is 16.7. The molecule has 1 aliphatic rings. The zero-order valence-corrected chi connectivity index (χ0v) is 14.7. The van der Waals surface area contributed by atoms with Crippen LogP contribution in [0.25, 0.3) is 0 Å². The van der Waals surface area contributed by atoms with Gasteiger partial charge in [-0.1, -0.05) is 42.5 Å². The van der Waals surface area contributed by atoms with Crippen molar-refractivity contribution in [2.75, 3.05) is 6.54 Å². The lowest BCUT2D eigenvalue weighted by Gasteiger charge is -2.18. The van der Waals surface area contributed by atoms with Crippen LogP contribution in [-0.4, -0.2) is 30.4 Å². The molecule has 1 heterocycles. The maximum atomic E-state index is 12.5. The third kappa shape index (κ3) is 4.40. The SMILES string of the molecule is C[C@@H](NC(=O)[C@@H]1C[C@@H](Oc2cccc(C(=N)N)c2)CN1)c1ccccc1. The number of amides is 1. The van der Waals surface area contributed by atoms with Crippen molar-refractivity contribution < 1.29 is 9.53 Å². The van der Waals surface area contributed by atoms with E-state index in [1.54, 1.807) is 18.2 Å². The number of hydrogen-bond donors (Lipinski definition) is 4. The molecule has 1 saturated heterocycles. The molecule has 136 valence electrons. The number of nitrogen functional groups attached to an aromatic ring is 1. The highest BCUT2D eigenvalue weighted by Gasteiger charge is 2.31. The summed E-state index contributed by atoms with van der Waals surface area (Å²) in [5.74, 6) is 0.639. The van der Waals surface area contributed by atoms with Gasteiger partial charge in [0.05, 0.1) is 12.1 Å². The van der Waals surface area contributed by atoms with Gasteiger partial charge in [-0.15, -0.1) is 0 Å². The summed E-state index contributed by atoms with van der Waals surface area (Å²) in [5, 5.41) is 13.8. The average molecular weight is 352 g/mol. The minimum Gasteiger partial charge on any atom is -0.489 e. The van der Waals surface area contributed by atoms with Crippen LogP contribution in [0.5, 0.6) is 5.75 Å². The number of carbonyl (C=O) groups is 1. The van der Waals surface area contributed by atoms with Gasteiger partial charge in [-0.25, -0.2) is 0 Å². The van der Waals surface area contributed by atoms with Crippen molar-refractivity contribution in [2.45, 2.75) is 31.5 Å². The first-order valence-electron chi connectivity index (χ1n) is 8.73. The predicted molar refractivity (Wildman–Crippen MR) is 101 cm³/mol. The number of benzene rings is 2. The highest BCUT2D eigenvalue weighted by atomic mass is 16.5. The van der Waals surface area contributed by atoms with E-state index in [1.807, 2.05) is 43.3 Å². The molecular weight excluding hydrogens is 328 g/mol. The molecule has 0 spiro atoms. The average Bonchev–Trinajstić information content (AvgIpc) is 3.11. The van der Waals surface area contributed by atoms with E-state index in [2.05, 4.69) is 10.6 Å². The third-order valence-corrected chi connectivity index (χ3v) is 4.51. The fraction of sp³-hybridized carbons (Fsp3) is 0.300. The molecule has 1 aliphatic heterocycles. The van der Waals surface area contributed by atoms with E-state index >= 15 is 0 Å². The summed E-state index contributed by atoms with van der Waals surface area (Å²) in [4.78, 5) is 12.5. The van der Waals surface area contributed by atoms with Crippen molar-refractivity contribution in [2.24, 2.45) is 5.73 Å². The second kappa shape index (κ2) is 8.01. The van der Waals surface area contributed by atoms with E-state index < -0.39 is 0 Å². The van der Waals surface area contributed by atoms with Crippen molar-refractivity contribution >= 4 is 11.7 Å². The summed E-state index contributed by atoms with van der Waals surface area (Å²) < 4.78 is 5.94. The molecule has 0 aliphatic carbocycles. The summed E-state index contributed by atoms with van der Waals surface area (Å²) in [6.45, 7) is 2.57. The van der Waals surface area contributed by atoms with Crippen LogP contribution in [-0.2, 0) is 4.79 Å². The monoisotopic (exact) mass is 352 g/mol. The number of amidine groups is 1. The van der Waals surface area contributed by atoms with E-state index in [4.69, 9.17) is 15.9 Å². The third-order valence-electron chi connectivity index (χ3n) is 4.51. The van der Waals surface area contributed by atoms with E-state index in [1.165, 1.54) is 0 Å². The fourth-order valence-corrected chi connectivity index (χ4v) is 3.06.